The molecule has 0 saturated heterocycles. The van der Waals surface area contributed by atoms with Gasteiger partial charge in [0.1, 0.15) is 0 Å². The number of benzene rings is 2. The number of hydrogen-bond donors (Lipinski definition) is 3. The van der Waals surface area contributed by atoms with Crippen molar-refractivity contribution in [2.75, 3.05) is 6.54 Å². The Hall–Kier alpha value is -3.61. The summed E-state index contributed by atoms with van der Waals surface area (Å²) < 4.78 is 1.84. The lowest BCUT2D eigenvalue weighted by molar-refractivity contribution is -0.126. The fourth-order valence-corrected chi connectivity index (χ4v) is 2.78. The number of carbonyl (C=O) groups is 3. The van der Waals surface area contributed by atoms with Crippen LogP contribution in [0.25, 0.3) is 10.9 Å². The number of amides is 3. The molecule has 138 valence electrons. The summed E-state index contributed by atoms with van der Waals surface area (Å²) in [6.45, 7) is -0.221. The van der Waals surface area contributed by atoms with Crippen molar-refractivity contribution in [3.05, 3.63) is 71.9 Å². The number of hydrazine groups is 1. The maximum Gasteiger partial charge on any atom is 0.271 e. The van der Waals surface area contributed by atoms with Crippen LogP contribution in [0.5, 0.6) is 0 Å². The number of fused-ring (bicyclic) bond motifs is 1. The molecule has 7 heteroatoms. The lowest BCUT2D eigenvalue weighted by atomic mass is 10.1. The smallest absolute Gasteiger partial charge is 0.271 e. The summed E-state index contributed by atoms with van der Waals surface area (Å²) in [6.07, 6.45) is 1.89. The molecule has 3 N–H and O–H groups in total. The van der Waals surface area contributed by atoms with Crippen LogP contribution in [-0.4, -0.2) is 28.8 Å². The molecule has 0 saturated carbocycles. The summed E-state index contributed by atoms with van der Waals surface area (Å²) in [4.78, 5) is 36.0. The van der Waals surface area contributed by atoms with Gasteiger partial charge >= 0.3 is 0 Å². The molecule has 27 heavy (non-hydrogen) atoms. The van der Waals surface area contributed by atoms with Crippen molar-refractivity contribution in [2.24, 2.45) is 7.05 Å². The highest BCUT2D eigenvalue weighted by molar-refractivity contribution is 6.07. The summed E-state index contributed by atoms with van der Waals surface area (Å²) in [6, 6.07) is 16.7. The van der Waals surface area contributed by atoms with Gasteiger partial charge in [0, 0.05) is 24.1 Å². The predicted molar refractivity (Wildman–Crippen MR) is 102 cm³/mol. The molecule has 0 unspecified atom stereocenters. The summed E-state index contributed by atoms with van der Waals surface area (Å²) in [5, 5.41) is 3.32. The van der Waals surface area contributed by atoms with Gasteiger partial charge in [0.15, 0.2) is 0 Å². The molecule has 3 amide bonds. The molecule has 1 heterocycles. The zero-order valence-electron chi connectivity index (χ0n) is 14.9. The lowest BCUT2D eigenvalue weighted by Crippen LogP contribution is -2.46. The van der Waals surface area contributed by atoms with Gasteiger partial charge in [-0.05, 0) is 11.6 Å². The first kappa shape index (κ1) is 18.2. The highest BCUT2D eigenvalue weighted by atomic mass is 16.2. The summed E-state index contributed by atoms with van der Waals surface area (Å²) in [5.74, 6) is -1.20. The monoisotopic (exact) mass is 364 g/mol. The van der Waals surface area contributed by atoms with Crippen molar-refractivity contribution in [2.45, 2.75) is 6.42 Å². The van der Waals surface area contributed by atoms with E-state index < -0.39 is 11.8 Å². The van der Waals surface area contributed by atoms with Crippen molar-refractivity contribution in [1.82, 2.24) is 20.7 Å². The third-order valence-corrected chi connectivity index (χ3v) is 4.11. The van der Waals surface area contributed by atoms with Gasteiger partial charge < -0.3 is 9.88 Å². The largest absolute Gasteiger partial charge is 0.350 e. The molecule has 0 bridgehead atoms. The molecule has 0 spiro atoms. The van der Waals surface area contributed by atoms with Crippen LogP contribution in [0, 0.1) is 0 Å². The maximum atomic E-state index is 12.3. The molecule has 0 atom stereocenters. The van der Waals surface area contributed by atoms with E-state index in [0.717, 1.165) is 16.5 Å². The number of hydrogen-bond acceptors (Lipinski definition) is 3. The third-order valence-electron chi connectivity index (χ3n) is 4.11. The Morgan fingerprint density at radius 1 is 0.889 bits per heavy atom. The zero-order chi connectivity index (χ0) is 19.2. The number of para-hydroxylation sites is 1. The van der Waals surface area contributed by atoms with Gasteiger partial charge in [0.2, 0.25) is 5.91 Å². The minimum absolute atomic E-state index is 0.191. The molecule has 0 aliphatic rings. The molecule has 3 aromatic rings. The number of nitrogens with one attached hydrogen (secondary N) is 3. The zero-order valence-corrected chi connectivity index (χ0v) is 14.9. The van der Waals surface area contributed by atoms with Crippen molar-refractivity contribution in [3.63, 3.8) is 0 Å². The molecule has 1 aromatic heterocycles. The molecule has 0 fully saturated rings. The normalized spacial score (nSPS) is 10.4. The van der Waals surface area contributed by atoms with E-state index in [9.17, 15) is 14.4 Å². The second-order valence-corrected chi connectivity index (χ2v) is 6.11. The number of aryl methyl sites for hydroxylation is 1. The Labute approximate surface area is 156 Å². The van der Waals surface area contributed by atoms with E-state index in [4.69, 9.17) is 0 Å². The van der Waals surface area contributed by atoms with Gasteiger partial charge in [-0.25, -0.2) is 0 Å². The van der Waals surface area contributed by atoms with Crippen LogP contribution < -0.4 is 16.2 Å². The van der Waals surface area contributed by atoms with Gasteiger partial charge in [-0.15, -0.1) is 0 Å². The molecule has 3 rings (SSSR count). The van der Waals surface area contributed by atoms with E-state index in [1.807, 2.05) is 66.2 Å². The molecule has 2 aromatic carbocycles. The van der Waals surface area contributed by atoms with Gasteiger partial charge in [-0.1, -0.05) is 48.5 Å². The van der Waals surface area contributed by atoms with Crippen LogP contribution in [0.4, 0.5) is 0 Å². The highest BCUT2D eigenvalue weighted by Crippen LogP contribution is 2.19. The van der Waals surface area contributed by atoms with Crippen LogP contribution in [0.1, 0.15) is 15.9 Å². The Bertz CT molecular complexity index is 979. The molecule has 0 aliphatic heterocycles. The Kier molecular flexibility index (Phi) is 5.51. The van der Waals surface area contributed by atoms with Gasteiger partial charge in [0.25, 0.3) is 11.8 Å². The maximum absolute atomic E-state index is 12.3. The SMILES string of the molecule is Cn1cc(C(=O)NNC(=O)CNC(=O)Cc2ccccc2)c2ccccc21. The average Bonchev–Trinajstić information content (AvgIpc) is 3.02. The number of carbonyl (C=O) groups excluding carboxylic acids is 3. The van der Waals surface area contributed by atoms with Crippen LogP contribution in [-0.2, 0) is 23.1 Å². The van der Waals surface area contributed by atoms with Crippen molar-refractivity contribution in [1.29, 1.82) is 0 Å². The first-order valence-electron chi connectivity index (χ1n) is 8.48. The average molecular weight is 364 g/mol. The van der Waals surface area contributed by atoms with E-state index >= 15 is 0 Å². The molecular formula is C20H20N4O3. The van der Waals surface area contributed by atoms with E-state index in [1.54, 1.807) is 6.20 Å². The summed E-state index contributed by atoms with van der Waals surface area (Å²) >= 11 is 0. The minimum Gasteiger partial charge on any atom is -0.350 e. The fraction of sp³-hybridized carbons (Fsp3) is 0.150. The molecular weight excluding hydrogens is 344 g/mol. The van der Waals surface area contributed by atoms with Crippen molar-refractivity contribution < 1.29 is 14.4 Å². The van der Waals surface area contributed by atoms with E-state index in [-0.39, 0.29) is 18.9 Å². The first-order chi connectivity index (χ1) is 13.0. The van der Waals surface area contributed by atoms with Crippen molar-refractivity contribution in [3.8, 4) is 0 Å². The summed E-state index contributed by atoms with van der Waals surface area (Å²) in [5.41, 5.74) is 6.93. The first-order valence-corrected chi connectivity index (χ1v) is 8.48. The minimum atomic E-state index is -0.509. The van der Waals surface area contributed by atoms with Crippen LogP contribution >= 0.6 is 0 Å². The van der Waals surface area contributed by atoms with E-state index in [2.05, 4.69) is 16.2 Å². The van der Waals surface area contributed by atoms with Crippen LogP contribution in [0.2, 0.25) is 0 Å². The van der Waals surface area contributed by atoms with Gasteiger partial charge in [-0.2, -0.15) is 0 Å². The highest BCUT2D eigenvalue weighted by Gasteiger charge is 2.14. The Morgan fingerprint density at radius 3 is 2.37 bits per heavy atom. The molecule has 0 aliphatic carbocycles. The standard InChI is InChI=1S/C20H20N4O3/c1-24-13-16(15-9-5-6-10-17(15)24)20(27)23-22-19(26)12-21-18(25)11-14-7-3-2-4-8-14/h2-10,13H,11-12H2,1H3,(H,21,25)(H,22,26)(H,23,27). The quantitative estimate of drug-likeness (QED) is 0.596. The Morgan fingerprint density at radius 2 is 1.59 bits per heavy atom. The van der Waals surface area contributed by atoms with Crippen molar-refractivity contribution >= 4 is 28.6 Å². The van der Waals surface area contributed by atoms with Gasteiger partial charge in [0.05, 0.1) is 18.5 Å². The molecule has 7 nitrogen and oxygen atoms in total. The number of rotatable bonds is 5. The summed E-state index contributed by atoms with van der Waals surface area (Å²) in [7, 11) is 1.85. The van der Waals surface area contributed by atoms with E-state index in [0.29, 0.717) is 5.56 Å². The number of nitrogens with zero attached hydrogens (tertiary/aromatic N) is 1. The predicted octanol–water partition coefficient (Wildman–Crippen LogP) is 1.30. The third kappa shape index (κ3) is 4.52. The lowest BCUT2D eigenvalue weighted by Gasteiger charge is -2.08. The van der Waals surface area contributed by atoms with Gasteiger partial charge in [-0.3, -0.25) is 25.2 Å². The fourth-order valence-electron chi connectivity index (χ4n) is 2.78. The molecule has 0 radical (unpaired) electrons. The van der Waals surface area contributed by atoms with Crippen LogP contribution in [0.3, 0.4) is 0 Å². The Balaban J connectivity index is 1.48. The van der Waals surface area contributed by atoms with E-state index in [1.165, 1.54) is 0 Å². The second-order valence-electron chi connectivity index (χ2n) is 6.11. The topological polar surface area (TPSA) is 92.2 Å². The number of aromatic nitrogens is 1. The van der Waals surface area contributed by atoms with Crippen LogP contribution in [0.15, 0.2) is 60.8 Å². The second kappa shape index (κ2) is 8.18.